The minimum atomic E-state index is -1.01. The molecule has 1 saturated heterocycles. The van der Waals surface area contributed by atoms with E-state index in [4.69, 9.17) is 5.11 Å². The van der Waals surface area contributed by atoms with Gasteiger partial charge in [0.05, 0.1) is 13.0 Å². The first kappa shape index (κ1) is 13.5. The largest absolute Gasteiger partial charge is 0.481 e. The first-order chi connectivity index (χ1) is 7.88. The Morgan fingerprint density at radius 3 is 2.41 bits per heavy atom. The van der Waals surface area contributed by atoms with Crippen molar-refractivity contribution in [1.82, 2.24) is 4.90 Å². The molecule has 96 valence electrons. The number of methoxy groups -OCH3 is 1. The van der Waals surface area contributed by atoms with E-state index < -0.39 is 23.9 Å². The highest BCUT2D eigenvalue weighted by atomic mass is 16.5. The Morgan fingerprint density at radius 2 is 2.06 bits per heavy atom. The molecule has 1 amide bonds. The van der Waals surface area contributed by atoms with Crippen LogP contribution in [-0.4, -0.2) is 47.5 Å². The molecule has 6 nitrogen and oxygen atoms in total. The van der Waals surface area contributed by atoms with Crippen LogP contribution in [0.2, 0.25) is 0 Å². The first-order valence-electron chi connectivity index (χ1n) is 5.48. The predicted molar refractivity (Wildman–Crippen MR) is 58.1 cm³/mol. The summed E-state index contributed by atoms with van der Waals surface area (Å²) in [6, 6.07) is -0.697. The molecule has 2 atom stereocenters. The van der Waals surface area contributed by atoms with Crippen molar-refractivity contribution in [2.45, 2.75) is 26.3 Å². The summed E-state index contributed by atoms with van der Waals surface area (Å²) in [5.41, 5.74) is 0. The fraction of sp³-hybridized carbons (Fsp3) is 0.727. The van der Waals surface area contributed by atoms with Crippen LogP contribution in [0.3, 0.4) is 0 Å². The smallest absolute Gasteiger partial charge is 0.328 e. The summed E-state index contributed by atoms with van der Waals surface area (Å²) in [6.07, 6.45) is -0.0461. The van der Waals surface area contributed by atoms with Crippen LogP contribution in [0.15, 0.2) is 0 Å². The normalized spacial score (nSPS) is 21.8. The Balaban J connectivity index is 2.86. The van der Waals surface area contributed by atoms with Crippen molar-refractivity contribution in [1.29, 1.82) is 0 Å². The van der Waals surface area contributed by atoms with Crippen LogP contribution in [0.25, 0.3) is 0 Å². The summed E-state index contributed by atoms with van der Waals surface area (Å²) in [5, 5.41) is 8.87. The summed E-state index contributed by atoms with van der Waals surface area (Å²) < 4.78 is 4.65. The first-order valence-corrected chi connectivity index (χ1v) is 5.48. The number of carboxylic acid groups (broad SMARTS) is 1. The highest BCUT2D eigenvalue weighted by molar-refractivity contribution is 5.90. The Hall–Kier alpha value is -1.59. The van der Waals surface area contributed by atoms with Gasteiger partial charge in [-0.2, -0.15) is 0 Å². The third-order valence-electron chi connectivity index (χ3n) is 2.92. The molecule has 0 aromatic rings. The van der Waals surface area contributed by atoms with Gasteiger partial charge in [0.25, 0.3) is 0 Å². The van der Waals surface area contributed by atoms with Gasteiger partial charge in [0.1, 0.15) is 6.04 Å². The molecule has 6 heteroatoms. The van der Waals surface area contributed by atoms with Gasteiger partial charge in [-0.1, -0.05) is 13.8 Å². The Labute approximate surface area is 99.5 Å². The summed E-state index contributed by atoms with van der Waals surface area (Å²) >= 11 is 0. The Morgan fingerprint density at radius 1 is 1.47 bits per heavy atom. The number of esters is 1. The van der Waals surface area contributed by atoms with Crippen LogP contribution >= 0.6 is 0 Å². The second-order valence-electron chi connectivity index (χ2n) is 4.50. The third-order valence-corrected chi connectivity index (χ3v) is 2.92. The van der Waals surface area contributed by atoms with Crippen LogP contribution in [0.4, 0.5) is 0 Å². The van der Waals surface area contributed by atoms with Gasteiger partial charge in [0, 0.05) is 13.0 Å². The van der Waals surface area contributed by atoms with E-state index in [1.54, 1.807) is 13.8 Å². The molecule has 0 spiro atoms. The number of amides is 1. The van der Waals surface area contributed by atoms with E-state index in [1.165, 1.54) is 12.0 Å². The van der Waals surface area contributed by atoms with Gasteiger partial charge in [0.15, 0.2) is 0 Å². The highest BCUT2D eigenvalue weighted by Crippen LogP contribution is 2.24. The van der Waals surface area contributed by atoms with Crippen LogP contribution in [0.5, 0.6) is 0 Å². The number of carbonyl (C=O) groups excluding carboxylic acids is 2. The maximum absolute atomic E-state index is 11.7. The summed E-state index contributed by atoms with van der Waals surface area (Å²) in [7, 11) is 1.26. The number of likely N-dealkylation sites (tertiary alicyclic amines) is 1. The summed E-state index contributed by atoms with van der Waals surface area (Å²) in [4.78, 5) is 35.5. The fourth-order valence-electron chi connectivity index (χ4n) is 2.05. The molecule has 0 bridgehead atoms. The summed E-state index contributed by atoms with van der Waals surface area (Å²) in [5.74, 6) is -2.65. The molecule has 0 aromatic carbocycles. The SMILES string of the molecule is COC(=O)C(C(C)C)N1CC(C(=O)O)CC1=O. The number of nitrogens with zero attached hydrogens (tertiary/aromatic N) is 1. The van der Waals surface area contributed by atoms with Gasteiger partial charge in [-0.25, -0.2) is 4.79 Å². The highest BCUT2D eigenvalue weighted by Gasteiger charge is 2.42. The minimum absolute atomic E-state index is 0.0461. The molecule has 1 aliphatic heterocycles. The van der Waals surface area contributed by atoms with Crippen molar-refractivity contribution >= 4 is 17.8 Å². The maximum Gasteiger partial charge on any atom is 0.328 e. The van der Waals surface area contributed by atoms with Crippen molar-refractivity contribution in [3.05, 3.63) is 0 Å². The molecule has 0 aliphatic carbocycles. The van der Waals surface area contributed by atoms with E-state index in [9.17, 15) is 14.4 Å². The lowest BCUT2D eigenvalue weighted by atomic mass is 10.0. The van der Waals surface area contributed by atoms with E-state index >= 15 is 0 Å². The number of carbonyl (C=O) groups is 3. The molecule has 0 aromatic heterocycles. The van der Waals surface area contributed by atoms with Crippen molar-refractivity contribution in [2.75, 3.05) is 13.7 Å². The third kappa shape index (κ3) is 2.75. The van der Waals surface area contributed by atoms with Crippen molar-refractivity contribution in [3.63, 3.8) is 0 Å². The van der Waals surface area contributed by atoms with Gasteiger partial charge in [-0.15, -0.1) is 0 Å². The number of carboxylic acids is 1. The number of ether oxygens (including phenoxy) is 1. The van der Waals surface area contributed by atoms with Gasteiger partial charge in [0.2, 0.25) is 5.91 Å². The predicted octanol–water partition coefficient (Wildman–Crippen LogP) is 0.117. The zero-order chi connectivity index (χ0) is 13.2. The average Bonchev–Trinajstić information content (AvgIpc) is 2.60. The van der Waals surface area contributed by atoms with Gasteiger partial charge in [-0.05, 0) is 5.92 Å². The molecule has 1 aliphatic rings. The molecule has 1 N–H and O–H groups in total. The van der Waals surface area contributed by atoms with Crippen LogP contribution in [0.1, 0.15) is 20.3 Å². The number of hydrogen-bond acceptors (Lipinski definition) is 4. The molecule has 0 radical (unpaired) electrons. The van der Waals surface area contributed by atoms with E-state index in [-0.39, 0.29) is 24.8 Å². The number of hydrogen-bond donors (Lipinski definition) is 1. The molecule has 1 rings (SSSR count). The lowest BCUT2D eigenvalue weighted by Crippen LogP contribution is -2.46. The van der Waals surface area contributed by atoms with Crippen LogP contribution in [0, 0.1) is 11.8 Å². The molecule has 1 fully saturated rings. The van der Waals surface area contributed by atoms with Crippen molar-refractivity contribution in [3.8, 4) is 0 Å². The average molecular weight is 243 g/mol. The molecular formula is C11H17NO5. The van der Waals surface area contributed by atoms with Gasteiger partial charge in [-0.3, -0.25) is 9.59 Å². The molecular weight excluding hydrogens is 226 g/mol. The molecule has 17 heavy (non-hydrogen) atoms. The van der Waals surface area contributed by atoms with E-state index in [1.807, 2.05) is 0 Å². The number of aliphatic carboxylic acids is 1. The minimum Gasteiger partial charge on any atom is -0.481 e. The maximum atomic E-state index is 11.7. The molecule has 0 saturated carbocycles. The lowest BCUT2D eigenvalue weighted by molar-refractivity contribution is -0.153. The van der Waals surface area contributed by atoms with Crippen LogP contribution in [-0.2, 0) is 19.1 Å². The summed E-state index contributed by atoms with van der Waals surface area (Å²) in [6.45, 7) is 3.66. The standard InChI is InChI=1S/C11H17NO5/c1-6(2)9(11(16)17-3)12-5-7(10(14)15)4-8(12)13/h6-7,9H,4-5H2,1-3H3,(H,14,15). The van der Waals surface area contributed by atoms with E-state index in [0.29, 0.717) is 0 Å². The quantitative estimate of drug-likeness (QED) is 0.709. The van der Waals surface area contributed by atoms with Crippen molar-refractivity contribution < 1.29 is 24.2 Å². The van der Waals surface area contributed by atoms with E-state index in [2.05, 4.69) is 4.74 Å². The van der Waals surface area contributed by atoms with Gasteiger partial charge < -0.3 is 14.7 Å². The second-order valence-corrected chi connectivity index (χ2v) is 4.50. The second kappa shape index (κ2) is 5.16. The monoisotopic (exact) mass is 243 g/mol. The Bertz CT molecular complexity index is 339. The number of rotatable bonds is 4. The molecule has 2 unspecified atom stereocenters. The van der Waals surface area contributed by atoms with Gasteiger partial charge >= 0.3 is 11.9 Å². The lowest BCUT2D eigenvalue weighted by Gasteiger charge is -2.28. The zero-order valence-electron chi connectivity index (χ0n) is 10.2. The Kier molecular flexibility index (Phi) is 4.09. The van der Waals surface area contributed by atoms with Crippen molar-refractivity contribution in [2.24, 2.45) is 11.8 Å². The topological polar surface area (TPSA) is 83.9 Å². The van der Waals surface area contributed by atoms with Crippen LogP contribution < -0.4 is 0 Å². The molecule has 1 heterocycles. The zero-order valence-corrected chi connectivity index (χ0v) is 10.2. The van der Waals surface area contributed by atoms with E-state index in [0.717, 1.165) is 0 Å². The fourth-order valence-corrected chi connectivity index (χ4v) is 2.05.